The number of fused-ring (bicyclic) bond motifs is 5. The fourth-order valence-electron chi connectivity index (χ4n) is 4.50. The lowest BCUT2D eigenvalue weighted by atomic mass is 9.85. The van der Waals surface area contributed by atoms with Crippen LogP contribution in [0.4, 0.5) is 0 Å². The summed E-state index contributed by atoms with van der Waals surface area (Å²) in [5, 5.41) is 5.15. The highest BCUT2D eigenvalue weighted by Crippen LogP contribution is 2.52. The second-order valence-electron chi connectivity index (χ2n) is 7.94. The standard InChI is InChI=1S/C22H24N2O6/c1-12(2)30-17(25)11-29-20-15(5-4-6-16(20)28-3)10-23-24-21(26)18-13-7-8-14(9-13)19(18)22(24)27/h4-8,10,12-14,18-19H,9,11H2,1-3H3/t13-,14-,18-,19+/m0/s1. The molecule has 8 nitrogen and oxygen atoms in total. The summed E-state index contributed by atoms with van der Waals surface area (Å²) in [7, 11) is 1.48. The Hall–Kier alpha value is -3.16. The number of methoxy groups -OCH3 is 1. The zero-order chi connectivity index (χ0) is 21.4. The van der Waals surface area contributed by atoms with Crippen molar-refractivity contribution in [2.45, 2.75) is 26.4 Å². The van der Waals surface area contributed by atoms with E-state index in [-0.39, 0.29) is 53.9 Å². The summed E-state index contributed by atoms with van der Waals surface area (Å²) in [6.45, 7) is 3.20. The van der Waals surface area contributed by atoms with Gasteiger partial charge in [-0.25, -0.2) is 4.79 Å². The highest BCUT2D eigenvalue weighted by molar-refractivity contribution is 6.07. The van der Waals surface area contributed by atoms with Crippen molar-refractivity contribution in [1.29, 1.82) is 0 Å². The van der Waals surface area contributed by atoms with Gasteiger partial charge in [-0.15, -0.1) is 0 Å². The van der Waals surface area contributed by atoms with Gasteiger partial charge in [-0.1, -0.05) is 18.2 Å². The molecule has 1 aromatic carbocycles. The zero-order valence-corrected chi connectivity index (χ0v) is 17.1. The number of benzene rings is 1. The molecule has 0 N–H and O–H groups in total. The molecule has 1 heterocycles. The van der Waals surface area contributed by atoms with Gasteiger partial charge in [0, 0.05) is 5.56 Å². The SMILES string of the molecule is COc1cccc(C=NN2C(=O)[C@@H]3[C@H](C2=O)[C@H]2C=C[C@H]3C2)c1OCC(=O)OC(C)C. The smallest absolute Gasteiger partial charge is 0.344 e. The molecule has 0 unspecified atom stereocenters. The predicted octanol–water partition coefficient (Wildman–Crippen LogP) is 2.17. The number of para-hydroxylation sites is 1. The summed E-state index contributed by atoms with van der Waals surface area (Å²) in [5.41, 5.74) is 0.477. The number of imide groups is 1. The third-order valence-corrected chi connectivity index (χ3v) is 5.69. The predicted molar refractivity (Wildman–Crippen MR) is 107 cm³/mol. The third-order valence-electron chi connectivity index (χ3n) is 5.69. The van der Waals surface area contributed by atoms with Crippen molar-refractivity contribution in [2.75, 3.05) is 13.7 Å². The molecule has 4 rings (SSSR count). The quantitative estimate of drug-likeness (QED) is 0.295. The number of allylic oxidation sites excluding steroid dienone is 2. The molecular formula is C22H24N2O6. The van der Waals surface area contributed by atoms with Crippen molar-refractivity contribution >= 4 is 24.0 Å². The minimum atomic E-state index is -0.514. The van der Waals surface area contributed by atoms with Crippen LogP contribution in [0.3, 0.4) is 0 Å². The first-order chi connectivity index (χ1) is 14.4. The minimum Gasteiger partial charge on any atom is -0.493 e. The number of esters is 1. The molecule has 8 heteroatoms. The lowest BCUT2D eigenvalue weighted by Crippen LogP contribution is -2.28. The normalized spacial score (nSPS) is 26.7. The summed E-state index contributed by atoms with van der Waals surface area (Å²) in [6, 6.07) is 5.11. The van der Waals surface area contributed by atoms with Crippen LogP contribution in [0.5, 0.6) is 11.5 Å². The highest BCUT2D eigenvalue weighted by Gasteiger charge is 2.59. The van der Waals surface area contributed by atoms with Crippen LogP contribution in [0.1, 0.15) is 25.8 Å². The first-order valence-corrected chi connectivity index (χ1v) is 10.00. The first-order valence-electron chi connectivity index (χ1n) is 10.00. The van der Waals surface area contributed by atoms with Crippen molar-refractivity contribution in [3.05, 3.63) is 35.9 Å². The molecule has 0 radical (unpaired) electrons. The molecule has 1 saturated carbocycles. The average molecular weight is 412 g/mol. The van der Waals surface area contributed by atoms with Gasteiger partial charge in [0.2, 0.25) is 0 Å². The Morgan fingerprint density at radius 1 is 1.20 bits per heavy atom. The molecule has 2 amide bonds. The summed E-state index contributed by atoms with van der Waals surface area (Å²) >= 11 is 0. The van der Waals surface area contributed by atoms with Crippen LogP contribution in [0.25, 0.3) is 0 Å². The number of carbonyl (C=O) groups excluding carboxylic acids is 3. The fraction of sp³-hybridized carbons (Fsp3) is 0.455. The Labute approximate surface area is 174 Å². The van der Waals surface area contributed by atoms with Gasteiger partial charge < -0.3 is 14.2 Å². The Morgan fingerprint density at radius 2 is 1.87 bits per heavy atom. The maximum absolute atomic E-state index is 12.8. The molecule has 1 saturated heterocycles. The van der Waals surface area contributed by atoms with E-state index in [1.165, 1.54) is 13.3 Å². The van der Waals surface area contributed by atoms with Crippen LogP contribution in [-0.2, 0) is 19.1 Å². The molecule has 30 heavy (non-hydrogen) atoms. The van der Waals surface area contributed by atoms with Crippen LogP contribution in [0.2, 0.25) is 0 Å². The number of ether oxygens (including phenoxy) is 3. The summed E-state index contributed by atoms with van der Waals surface area (Å²) in [4.78, 5) is 37.4. The molecule has 1 aromatic rings. The van der Waals surface area contributed by atoms with E-state index >= 15 is 0 Å². The van der Waals surface area contributed by atoms with Crippen LogP contribution in [0.15, 0.2) is 35.5 Å². The second-order valence-corrected chi connectivity index (χ2v) is 7.94. The van der Waals surface area contributed by atoms with E-state index in [0.29, 0.717) is 11.3 Å². The van der Waals surface area contributed by atoms with Gasteiger partial charge in [-0.3, -0.25) is 9.59 Å². The van der Waals surface area contributed by atoms with Gasteiger partial charge in [0.15, 0.2) is 18.1 Å². The number of nitrogens with zero attached hydrogens (tertiary/aromatic N) is 2. The van der Waals surface area contributed by atoms with Gasteiger partial charge in [-0.05, 0) is 44.2 Å². The lowest BCUT2D eigenvalue weighted by Gasteiger charge is -2.14. The van der Waals surface area contributed by atoms with Crippen LogP contribution in [0, 0.1) is 23.7 Å². The lowest BCUT2D eigenvalue weighted by molar-refractivity contribution is -0.149. The summed E-state index contributed by atoms with van der Waals surface area (Å²) in [6.07, 6.45) is 6.07. The van der Waals surface area contributed by atoms with Gasteiger partial charge >= 0.3 is 5.97 Å². The maximum atomic E-state index is 12.8. The van der Waals surface area contributed by atoms with Crippen LogP contribution >= 0.6 is 0 Å². The largest absolute Gasteiger partial charge is 0.493 e. The first kappa shape index (κ1) is 20.1. The van der Waals surface area contributed by atoms with Crippen LogP contribution in [-0.4, -0.2) is 48.8 Å². The van der Waals surface area contributed by atoms with Crippen molar-refractivity contribution < 1.29 is 28.6 Å². The Kier molecular flexibility index (Phi) is 5.32. The van der Waals surface area contributed by atoms with Gasteiger partial charge in [-0.2, -0.15) is 10.1 Å². The second kappa shape index (κ2) is 7.93. The van der Waals surface area contributed by atoms with E-state index in [2.05, 4.69) is 5.10 Å². The summed E-state index contributed by atoms with van der Waals surface area (Å²) in [5.74, 6) is -0.723. The topological polar surface area (TPSA) is 94.5 Å². The van der Waals surface area contributed by atoms with Crippen molar-refractivity contribution in [3.8, 4) is 11.5 Å². The number of hydrazone groups is 1. The monoisotopic (exact) mass is 412 g/mol. The van der Waals surface area contributed by atoms with Crippen molar-refractivity contribution in [2.24, 2.45) is 28.8 Å². The molecule has 158 valence electrons. The molecule has 2 bridgehead atoms. The molecular weight excluding hydrogens is 388 g/mol. The number of hydrogen-bond acceptors (Lipinski definition) is 7. The van der Waals surface area contributed by atoms with E-state index in [1.807, 2.05) is 12.2 Å². The number of amides is 2. The molecule has 0 spiro atoms. The minimum absolute atomic E-state index is 0.124. The van der Waals surface area contributed by atoms with E-state index in [1.54, 1.807) is 32.0 Å². The third kappa shape index (κ3) is 3.46. The van der Waals surface area contributed by atoms with E-state index in [0.717, 1.165) is 11.4 Å². The Morgan fingerprint density at radius 3 is 2.47 bits per heavy atom. The van der Waals surface area contributed by atoms with Gasteiger partial charge in [0.25, 0.3) is 11.8 Å². The summed E-state index contributed by atoms with van der Waals surface area (Å²) < 4.78 is 16.0. The molecule has 2 fully saturated rings. The number of hydrogen-bond donors (Lipinski definition) is 0. The Balaban J connectivity index is 1.53. The highest BCUT2D eigenvalue weighted by atomic mass is 16.6. The van der Waals surface area contributed by atoms with E-state index < -0.39 is 5.97 Å². The number of carbonyl (C=O) groups is 3. The average Bonchev–Trinajstić information content (AvgIpc) is 3.39. The molecule has 4 atom stereocenters. The fourth-order valence-corrected chi connectivity index (χ4v) is 4.50. The molecule has 2 aliphatic carbocycles. The molecule has 1 aliphatic heterocycles. The number of rotatable bonds is 7. The van der Waals surface area contributed by atoms with E-state index in [4.69, 9.17) is 14.2 Å². The van der Waals surface area contributed by atoms with E-state index in [9.17, 15) is 14.4 Å². The van der Waals surface area contributed by atoms with Gasteiger partial charge in [0.1, 0.15) is 0 Å². The zero-order valence-electron chi connectivity index (χ0n) is 17.1. The molecule has 3 aliphatic rings. The van der Waals surface area contributed by atoms with Crippen molar-refractivity contribution in [3.63, 3.8) is 0 Å². The Bertz CT molecular complexity index is 908. The maximum Gasteiger partial charge on any atom is 0.344 e. The van der Waals surface area contributed by atoms with Crippen molar-refractivity contribution in [1.82, 2.24) is 5.01 Å². The van der Waals surface area contributed by atoms with Crippen LogP contribution < -0.4 is 9.47 Å². The van der Waals surface area contributed by atoms with Gasteiger partial charge in [0.05, 0.1) is 31.3 Å². The molecule has 0 aromatic heterocycles.